The molecule has 1 heterocycles. The molecule has 0 fully saturated rings. The number of aromatic hydroxyl groups is 2. The molecule has 0 aliphatic rings. The number of nitrogens with zero attached hydrogens (tertiary/aromatic N) is 2. The molecule has 0 aliphatic carbocycles. The molecule has 0 saturated carbocycles. The highest BCUT2D eigenvalue weighted by molar-refractivity contribution is 6.01. The number of aliphatic carboxylic acids is 1. The lowest BCUT2D eigenvalue weighted by atomic mass is 10.0. The fourth-order valence-electron chi connectivity index (χ4n) is 4.11. The van der Waals surface area contributed by atoms with E-state index in [1.54, 1.807) is 38.3 Å². The van der Waals surface area contributed by atoms with E-state index in [2.05, 4.69) is 17.2 Å². The first-order valence-corrected chi connectivity index (χ1v) is 12.4. The highest BCUT2D eigenvalue weighted by Gasteiger charge is 2.24. The van der Waals surface area contributed by atoms with Crippen LogP contribution in [0.4, 0.5) is 0 Å². The van der Waals surface area contributed by atoms with Crippen molar-refractivity contribution in [1.82, 2.24) is 19.8 Å². The summed E-state index contributed by atoms with van der Waals surface area (Å²) in [7, 11) is 3.41. The lowest BCUT2D eigenvalue weighted by Crippen LogP contribution is -2.42. The van der Waals surface area contributed by atoms with E-state index in [9.17, 15) is 34.5 Å². The van der Waals surface area contributed by atoms with Gasteiger partial charge in [0.1, 0.15) is 23.1 Å². The number of carboxylic acids is 1. The van der Waals surface area contributed by atoms with Crippen molar-refractivity contribution in [3.05, 3.63) is 104 Å². The molecule has 1 aromatic heterocycles. The van der Waals surface area contributed by atoms with Crippen molar-refractivity contribution < 1.29 is 24.9 Å². The standard InChI is InChI=1S/C29H32N4O7/c1-17(14-15-30-3)8-13-22-18(2)27(37)33(29(40)32(22)4)20-11-9-19(10-12-20)16-21(28(38)39)31-26(36)25-23(34)6-5-7-24(25)35/h5-13,21,30,34-35H,1,14-16H2,2-4H3,(H,31,36)(H,38,39)/b13-8-. The van der Waals surface area contributed by atoms with Crippen LogP contribution < -0.4 is 21.9 Å². The number of benzene rings is 2. The minimum atomic E-state index is -1.39. The van der Waals surface area contributed by atoms with Gasteiger partial charge in [-0.3, -0.25) is 14.2 Å². The largest absolute Gasteiger partial charge is 0.507 e. The number of rotatable bonds is 11. The Morgan fingerprint density at radius 2 is 1.70 bits per heavy atom. The summed E-state index contributed by atoms with van der Waals surface area (Å²) in [6.45, 7) is 6.35. The highest BCUT2D eigenvalue weighted by atomic mass is 16.4. The number of phenols is 2. The summed E-state index contributed by atoms with van der Waals surface area (Å²) in [5.74, 6) is -3.27. The molecule has 210 valence electrons. The van der Waals surface area contributed by atoms with E-state index < -0.39 is 46.2 Å². The van der Waals surface area contributed by atoms with E-state index in [0.717, 1.165) is 16.7 Å². The van der Waals surface area contributed by atoms with Crippen LogP contribution in [0.2, 0.25) is 0 Å². The van der Waals surface area contributed by atoms with Crippen LogP contribution in [0.5, 0.6) is 11.5 Å². The minimum absolute atomic E-state index is 0.136. The second kappa shape index (κ2) is 12.8. The maximum Gasteiger partial charge on any atom is 0.335 e. The van der Waals surface area contributed by atoms with Gasteiger partial charge >= 0.3 is 11.7 Å². The number of allylic oxidation sites excluding steroid dienone is 1. The zero-order valence-electron chi connectivity index (χ0n) is 22.5. The number of aromatic nitrogens is 2. The lowest BCUT2D eigenvalue weighted by Gasteiger charge is -2.16. The van der Waals surface area contributed by atoms with E-state index in [1.807, 2.05) is 7.05 Å². The average molecular weight is 549 g/mol. The first-order chi connectivity index (χ1) is 19.0. The molecule has 0 saturated heterocycles. The van der Waals surface area contributed by atoms with Gasteiger partial charge in [0, 0.05) is 19.0 Å². The van der Waals surface area contributed by atoms with Gasteiger partial charge in [-0.2, -0.15) is 0 Å². The van der Waals surface area contributed by atoms with Crippen molar-refractivity contribution in [2.45, 2.75) is 25.8 Å². The minimum Gasteiger partial charge on any atom is -0.507 e. The molecule has 40 heavy (non-hydrogen) atoms. The summed E-state index contributed by atoms with van der Waals surface area (Å²) in [4.78, 5) is 50.7. The second-order valence-corrected chi connectivity index (χ2v) is 9.24. The van der Waals surface area contributed by atoms with Crippen LogP contribution in [0.1, 0.15) is 33.6 Å². The summed E-state index contributed by atoms with van der Waals surface area (Å²) >= 11 is 0. The van der Waals surface area contributed by atoms with Gasteiger partial charge in [0.15, 0.2) is 0 Å². The van der Waals surface area contributed by atoms with Gasteiger partial charge in [-0.15, -0.1) is 0 Å². The molecule has 5 N–H and O–H groups in total. The quantitative estimate of drug-likeness (QED) is 0.227. The summed E-state index contributed by atoms with van der Waals surface area (Å²) in [5.41, 5.74) is 0.982. The van der Waals surface area contributed by atoms with Crippen LogP contribution >= 0.6 is 0 Å². The number of amides is 1. The Balaban J connectivity index is 1.85. The first-order valence-electron chi connectivity index (χ1n) is 12.4. The number of hydrogen-bond donors (Lipinski definition) is 5. The monoisotopic (exact) mass is 548 g/mol. The van der Waals surface area contributed by atoms with Crippen molar-refractivity contribution in [2.24, 2.45) is 7.05 Å². The molecule has 1 amide bonds. The first kappa shape index (κ1) is 29.7. The van der Waals surface area contributed by atoms with Crippen LogP contribution in [-0.4, -0.2) is 56.0 Å². The third kappa shape index (κ3) is 6.56. The number of carbonyl (C=O) groups excluding carboxylic acids is 1. The SMILES string of the molecule is C=C(/C=C\c1c(C)c(=O)n(-c2ccc(CC(NC(=O)c3c(O)cccc3O)C(=O)O)cc2)c(=O)n1C)CCNC. The predicted molar refractivity (Wildman–Crippen MR) is 151 cm³/mol. The van der Waals surface area contributed by atoms with Crippen molar-refractivity contribution >= 4 is 18.0 Å². The molecule has 1 atom stereocenters. The summed E-state index contributed by atoms with van der Waals surface area (Å²) in [5, 5.41) is 34.8. The highest BCUT2D eigenvalue weighted by Crippen LogP contribution is 2.26. The fraction of sp³-hybridized carbons (Fsp3) is 0.241. The van der Waals surface area contributed by atoms with Crippen molar-refractivity contribution in [1.29, 1.82) is 0 Å². The lowest BCUT2D eigenvalue weighted by molar-refractivity contribution is -0.139. The molecule has 3 aromatic rings. The summed E-state index contributed by atoms with van der Waals surface area (Å²) in [6.07, 6.45) is 4.05. The van der Waals surface area contributed by atoms with Gasteiger partial charge in [0.2, 0.25) is 0 Å². The topological polar surface area (TPSA) is 163 Å². The molecular formula is C29H32N4O7. The summed E-state index contributed by atoms with van der Waals surface area (Å²) in [6, 6.07) is 8.48. The maximum atomic E-state index is 13.2. The third-order valence-corrected chi connectivity index (χ3v) is 6.41. The molecule has 0 radical (unpaired) electrons. The zero-order chi connectivity index (χ0) is 29.6. The molecule has 1 unspecified atom stereocenters. The smallest absolute Gasteiger partial charge is 0.335 e. The fourth-order valence-corrected chi connectivity index (χ4v) is 4.11. The predicted octanol–water partition coefficient (Wildman–Crippen LogP) is 1.86. The van der Waals surface area contributed by atoms with Crippen LogP contribution in [0.25, 0.3) is 11.8 Å². The molecular weight excluding hydrogens is 516 g/mol. The van der Waals surface area contributed by atoms with Gasteiger partial charge in [-0.1, -0.05) is 36.4 Å². The van der Waals surface area contributed by atoms with Crippen LogP contribution in [0.15, 0.2) is 70.3 Å². The molecule has 2 aromatic carbocycles. The van der Waals surface area contributed by atoms with E-state index in [-0.39, 0.29) is 6.42 Å². The van der Waals surface area contributed by atoms with Gasteiger partial charge in [-0.25, -0.2) is 14.2 Å². The van der Waals surface area contributed by atoms with Gasteiger partial charge < -0.3 is 26.0 Å². The molecule has 0 aliphatic heterocycles. The number of carbonyl (C=O) groups is 2. The van der Waals surface area contributed by atoms with E-state index >= 15 is 0 Å². The number of carboxylic acid groups (broad SMARTS) is 1. The molecule has 0 bridgehead atoms. The van der Waals surface area contributed by atoms with Crippen LogP contribution in [-0.2, 0) is 18.3 Å². The maximum absolute atomic E-state index is 13.2. The Labute approximate surface area is 230 Å². The van der Waals surface area contributed by atoms with Gasteiger partial charge in [0.25, 0.3) is 11.5 Å². The molecule has 11 nitrogen and oxygen atoms in total. The Bertz CT molecular complexity index is 1530. The number of hydrogen-bond acceptors (Lipinski definition) is 7. The zero-order valence-corrected chi connectivity index (χ0v) is 22.5. The Morgan fingerprint density at radius 3 is 2.27 bits per heavy atom. The molecule has 0 spiro atoms. The Morgan fingerprint density at radius 1 is 1.07 bits per heavy atom. The van der Waals surface area contributed by atoms with Crippen molar-refractivity contribution in [2.75, 3.05) is 13.6 Å². The Kier molecular flexibility index (Phi) is 9.46. The number of nitrogens with one attached hydrogen (secondary N) is 2. The molecule has 3 rings (SSSR count). The second-order valence-electron chi connectivity index (χ2n) is 9.24. The van der Waals surface area contributed by atoms with Crippen molar-refractivity contribution in [3.8, 4) is 17.2 Å². The van der Waals surface area contributed by atoms with Gasteiger partial charge in [0.05, 0.1) is 11.4 Å². The van der Waals surface area contributed by atoms with E-state index in [0.29, 0.717) is 28.9 Å². The normalized spacial score (nSPS) is 11.9. The summed E-state index contributed by atoms with van der Waals surface area (Å²) < 4.78 is 2.40. The van der Waals surface area contributed by atoms with Crippen LogP contribution in [0.3, 0.4) is 0 Å². The van der Waals surface area contributed by atoms with Crippen LogP contribution in [0, 0.1) is 6.92 Å². The number of phenolic OH excluding ortho intramolecular Hbond substituents is 2. The third-order valence-electron chi connectivity index (χ3n) is 6.41. The molecule has 11 heteroatoms. The Hall–Kier alpha value is -4.90. The van der Waals surface area contributed by atoms with E-state index in [4.69, 9.17) is 0 Å². The van der Waals surface area contributed by atoms with E-state index in [1.165, 1.54) is 34.9 Å². The average Bonchev–Trinajstić information content (AvgIpc) is 2.91. The van der Waals surface area contributed by atoms with Gasteiger partial charge in [-0.05, 0) is 62.8 Å². The van der Waals surface area contributed by atoms with Crippen molar-refractivity contribution in [3.63, 3.8) is 0 Å².